The second-order valence-corrected chi connectivity index (χ2v) is 7.08. The molecule has 1 aromatic heterocycles. The monoisotopic (exact) mass is 398 g/mol. The molecule has 1 N–H and O–H groups in total. The minimum atomic E-state index is -0.923. The van der Waals surface area contributed by atoms with E-state index in [2.05, 4.69) is 41.4 Å². The fourth-order valence-corrected chi connectivity index (χ4v) is 3.47. The quantitative estimate of drug-likeness (QED) is 0.474. The van der Waals surface area contributed by atoms with Gasteiger partial charge in [-0.15, -0.1) is 0 Å². The number of rotatable bonds is 7. The third-order valence-corrected chi connectivity index (χ3v) is 5.04. The van der Waals surface area contributed by atoms with Gasteiger partial charge in [0.1, 0.15) is 6.10 Å². The molecular weight excluding hydrogens is 376 g/mol. The van der Waals surface area contributed by atoms with Gasteiger partial charge in [-0.1, -0.05) is 66.7 Å². The highest BCUT2D eigenvalue weighted by atomic mass is 16.5. The molecule has 0 saturated heterocycles. The Morgan fingerprint density at radius 1 is 0.967 bits per heavy atom. The number of methoxy groups -OCH3 is 1. The van der Waals surface area contributed by atoms with Crippen LogP contribution >= 0.6 is 0 Å². The molecule has 0 radical (unpaired) electrons. The van der Waals surface area contributed by atoms with Crippen molar-refractivity contribution in [1.29, 1.82) is 0 Å². The number of hydrogen-bond acceptors (Lipinski definition) is 3. The molecule has 0 aliphatic rings. The number of benzene rings is 3. The maximum absolute atomic E-state index is 11.0. The summed E-state index contributed by atoms with van der Waals surface area (Å²) >= 11 is 0. The van der Waals surface area contributed by atoms with Gasteiger partial charge in [-0.05, 0) is 34.4 Å². The number of nitrogens with zero attached hydrogens (tertiary/aromatic N) is 2. The summed E-state index contributed by atoms with van der Waals surface area (Å²) in [6.07, 6.45) is 3.47. The molecule has 1 heterocycles. The molecule has 150 valence electrons. The first-order valence-electron chi connectivity index (χ1n) is 9.66. The second-order valence-electron chi connectivity index (χ2n) is 7.08. The minimum absolute atomic E-state index is 0.259. The van der Waals surface area contributed by atoms with E-state index in [1.54, 1.807) is 25.6 Å². The SMILES string of the molecule is COC(c1ccc(-c2ccccc2)cc1)c1cn(Cc2ccc(C(=O)O)cc2)cn1. The van der Waals surface area contributed by atoms with E-state index in [4.69, 9.17) is 9.84 Å². The summed E-state index contributed by atoms with van der Waals surface area (Å²) in [7, 11) is 1.68. The van der Waals surface area contributed by atoms with Gasteiger partial charge in [0.2, 0.25) is 0 Å². The van der Waals surface area contributed by atoms with Gasteiger partial charge in [0, 0.05) is 19.9 Å². The van der Waals surface area contributed by atoms with Crippen molar-refractivity contribution < 1.29 is 14.6 Å². The summed E-state index contributed by atoms with van der Waals surface area (Å²) < 4.78 is 7.70. The number of ether oxygens (including phenoxy) is 1. The van der Waals surface area contributed by atoms with Crippen molar-refractivity contribution in [1.82, 2.24) is 9.55 Å². The maximum atomic E-state index is 11.0. The summed E-state index contributed by atoms with van der Waals surface area (Å²) in [4.78, 5) is 15.5. The van der Waals surface area contributed by atoms with Crippen molar-refractivity contribution in [3.05, 3.63) is 114 Å². The Morgan fingerprint density at radius 2 is 1.63 bits per heavy atom. The zero-order valence-corrected chi connectivity index (χ0v) is 16.6. The van der Waals surface area contributed by atoms with Gasteiger partial charge < -0.3 is 14.4 Å². The van der Waals surface area contributed by atoms with Crippen LogP contribution in [-0.2, 0) is 11.3 Å². The lowest BCUT2D eigenvalue weighted by atomic mass is 10.0. The highest BCUT2D eigenvalue weighted by molar-refractivity contribution is 5.87. The summed E-state index contributed by atoms with van der Waals surface area (Å²) in [6, 6.07) is 25.4. The van der Waals surface area contributed by atoms with Gasteiger partial charge in [0.05, 0.1) is 17.6 Å². The van der Waals surface area contributed by atoms with E-state index in [1.807, 2.05) is 41.1 Å². The highest BCUT2D eigenvalue weighted by Gasteiger charge is 2.16. The average molecular weight is 398 g/mol. The van der Waals surface area contributed by atoms with Gasteiger partial charge in [-0.3, -0.25) is 0 Å². The van der Waals surface area contributed by atoms with Crippen LogP contribution in [0.2, 0.25) is 0 Å². The third-order valence-electron chi connectivity index (χ3n) is 5.04. The fraction of sp³-hybridized carbons (Fsp3) is 0.120. The van der Waals surface area contributed by atoms with Gasteiger partial charge in [-0.2, -0.15) is 0 Å². The number of hydrogen-bond donors (Lipinski definition) is 1. The van der Waals surface area contributed by atoms with Crippen molar-refractivity contribution >= 4 is 5.97 Å². The molecule has 0 aliphatic heterocycles. The lowest BCUT2D eigenvalue weighted by Crippen LogP contribution is -2.04. The van der Waals surface area contributed by atoms with Crippen LogP contribution in [0.3, 0.4) is 0 Å². The minimum Gasteiger partial charge on any atom is -0.478 e. The standard InChI is InChI=1S/C25H22N2O3/c1-30-24(21-13-11-20(12-14-21)19-5-3-2-4-6-19)23-16-27(17-26-23)15-18-7-9-22(10-8-18)25(28)29/h2-14,16-17,24H,15H2,1H3,(H,28,29). The van der Waals surface area contributed by atoms with E-state index >= 15 is 0 Å². The molecular formula is C25H22N2O3. The lowest BCUT2D eigenvalue weighted by molar-refractivity contribution is 0.0697. The third kappa shape index (κ3) is 4.31. The Kier molecular flexibility index (Phi) is 5.72. The molecule has 4 rings (SSSR count). The molecule has 3 aromatic carbocycles. The maximum Gasteiger partial charge on any atom is 0.335 e. The number of aromatic nitrogens is 2. The first kappa shape index (κ1) is 19.6. The molecule has 0 fully saturated rings. The van der Waals surface area contributed by atoms with Crippen LogP contribution in [0.25, 0.3) is 11.1 Å². The number of aromatic carboxylic acids is 1. The molecule has 0 spiro atoms. The average Bonchev–Trinajstić information content (AvgIpc) is 3.24. The number of imidazole rings is 1. The number of carboxylic acids is 1. The highest BCUT2D eigenvalue weighted by Crippen LogP contribution is 2.27. The molecule has 0 bridgehead atoms. The predicted molar refractivity (Wildman–Crippen MR) is 115 cm³/mol. The smallest absolute Gasteiger partial charge is 0.335 e. The fourth-order valence-electron chi connectivity index (χ4n) is 3.47. The second kappa shape index (κ2) is 8.76. The predicted octanol–water partition coefficient (Wildman–Crippen LogP) is 5.03. The number of carboxylic acid groups (broad SMARTS) is 1. The zero-order chi connectivity index (χ0) is 20.9. The Bertz CT molecular complexity index is 1120. The normalized spacial score (nSPS) is 11.9. The van der Waals surface area contributed by atoms with Crippen molar-refractivity contribution in [3.63, 3.8) is 0 Å². The Labute approximate surface area is 175 Å². The summed E-state index contributed by atoms with van der Waals surface area (Å²) in [6.45, 7) is 0.607. The summed E-state index contributed by atoms with van der Waals surface area (Å²) in [5.74, 6) is -0.923. The number of carbonyl (C=O) groups is 1. The van der Waals surface area contributed by atoms with Crippen molar-refractivity contribution in [2.75, 3.05) is 7.11 Å². The van der Waals surface area contributed by atoms with E-state index in [-0.39, 0.29) is 11.7 Å². The summed E-state index contributed by atoms with van der Waals surface area (Å²) in [5, 5.41) is 9.02. The van der Waals surface area contributed by atoms with Crippen molar-refractivity contribution in [2.24, 2.45) is 0 Å². The van der Waals surface area contributed by atoms with Crippen LogP contribution in [0.1, 0.15) is 33.3 Å². The zero-order valence-electron chi connectivity index (χ0n) is 16.6. The molecule has 5 heteroatoms. The van der Waals surface area contributed by atoms with Crippen molar-refractivity contribution in [2.45, 2.75) is 12.6 Å². The molecule has 4 aromatic rings. The van der Waals surface area contributed by atoms with E-state index in [1.165, 1.54) is 5.56 Å². The van der Waals surface area contributed by atoms with Gasteiger partial charge >= 0.3 is 5.97 Å². The molecule has 0 saturated carbocycles. The topological polar surface area (TPSA) is 64.3 Å². The van der Waals surface area contributed by atoms with E-state index < -0.39 is 5.97 Å². The Hall–Kier alpha value is -3.70. The van der Waals surface area contributed by atoms with Gasteiger partial charge in [0.15, 0.2) is 0 Å². The Balaban J connectivity index is 1.50. The van der Waals surface area contributed by atoms with Gasteiger partial charge in [-0.25, -0.2) is 9.78 Å². The van der Waals surface area contributed by atoms with E-state index in [9.17, 15) is 4.79 Å². The molecule has 1 atom stereocenters. The summed E-state index contributed by atoms with van der Waals surface area (Å²) in [5.41, 5.74) is 5.48. The molecule has 5 nitrogen and oxygen atoms in total. The van der Waals surface area contributed by atoms with Crippen LogP contribution in [0, 0.1) is 0 Å². The Morgan fingerprint density at radius 3 is 2.27 bits per heavy atom. The van der Waals surface area contributed by atoms with Crippen LogP contribution in [0.15, 0.2) is 91.4 Å². The lowest BCUT2D eigenvalue weighted by Gasteiger charge is -2.14. The van der Waals surface area contributed by atoms with Crippen LogP contribution in [-0.4, -0.2) is 27.7 Å². The first-order chi connectivity index (χ1) is 14.6. The van der Waals surface area contributed by atoms with Crippen LogP contribution in [0.4, 0.5) is 0 Å². The molecule has 1 unspecified atom stereocenters. The largest absolute Gasteiger partial charge is 0.478 e. The molecule has 0 aliphatic carbocycles. The first-order valence-corrected chi connectivity index (χ1v) is 9.66. The van der Waals surface area contributed by atoms with E-state index in [0.29, 0.717) is 6.54 Å². The molecule has 0 amide bonds. The van der Waals surface area contributed by atoms with E-state index in [0.717, 1.165) is 22.4 Å². The molecule has 30 heavy (non-hydrogen) atoms. The van der Waals surface area contributed by atoms with Crippen molar-refractivity contribution in [3.8, 4) is 11.1 Å². The van der Waals surface area contributed by atoms with Gasteiger partial charge in [0.25, 0.3) is 0 Å². The van der Waals surface area contributed by atoms with Crippen LogP contribution in [0.5, 0.6) is 0 Å². The van der Waals surface area contributed by atoms with Crippen LogP contribution < -0.4 is 0 Å².